The summed E-state index contributed by atoms with van der Waals surface area (Å²) in [5, 5.41) is 13.8. The predicted octanol–water partition coefficient (Wildman–Crippen LogP) is 2.17. The van der Waals surface area contributed by atoms with E-state index in [0.29, 0.717) is 42.8 Å². The number of rotatable bonds is 5. The van der Waals surface area contributed by atoms with Gasteiger partial charge in [-0.2, -0.15) is 10.2 Å². The van der Waals surface area contributed by atoms with Crippen molar-refractivity contribution in [1.82, 2.24) is 29.0 Å². The predicted molar refractivity (Wildman–Crippen MR) is 119 cm³/mol. The van der Waals surface area contributed by atoms with E-state index in [4.69, 9.17) is 9.26 Å². The van der Waals surface area contributed by atoms with Gasteiger partial charge in [0, 0.05) is 32.1 Å². The lowest BCUT2D eigenvalue weighted by atomic mass is 10.1. The van der Waals surface area contributed by atoms with Crippen LogP contribution in [0.25, 0.3) is 28.1 Å². The molecule has 2 atom stereocenters. The first kappa shape index (κ1) is 20.9. The quantitative estimate of drug-likeness (QED) is 0.442. The second-order valence-corrected chi connectivity index (χ2v) is 8.90. The minimum absolute atomic E-state index is 0.168. The summed E-state index contributed by atoms with van der Waals surface area (Å²) in [5.74, 6) is 0.854. The van der Waals surface area contributed by atoms with Gasteiger partial charge < -0.3 is 13.8 Å². The molecule has 2 fully saturated rings. The Morgan fingerprint density at radius 2 is 2.03 bits per heavy atom. The molecule has 3 aromatic heterocycles. The highest BCUT2D eigenvalue weighted by molar-refractivity contribution is 5.87. The summed E-state index contributed by atoms with van der Waals surface area (Å²) in [5.41, 5.74) is 0.768. The number of nitrogens with zero attached hydrogens (tertiary/aromatic N) is 7. The van der Waals surface area contributed by atoms with Crippen LogP contribution >= 0.6 is 0 Å². The van der Waals surface area contributed by atoms with Gasteiger partial charge in [-0.3, -0.25) is 14.1 Å². The number of fused-ring (bicyclic) bond motifs is 3. The molecule has 1 aromatic carbocycles. The summed E-state index contributed by atoms with van der Waals surface area (Å²) in [4.78, 5) is 24.9. The summed E-state index contributed by atoms with van der Waals surface area (Å²) in [6.45, 7) is 5.70. The molecule has 11 heteroatoms. The van der Waals surface area contributed by atoms with E-state index >= 15 is 0 Å². The van der Waals surface area contributed by atoms with Gasteiger partial charge in [-0.25, -0.2) is 9.37 Å². The second-order valence-electron chi connectivity index (χ2n) is 8.90. The molecule has 0 bridgehead atoms. The van der Waals surface area contributed by atoms with Gasteiger partial charge in [-0.15, -0.1) is 0 Å². The van der Waals surface area contributed by atoms with Crippen molar-refractivity contribution in [3.8, 4) is 17.6 Å². The normalized spacial score (nSPS) is 20.7. The van der Waals surface area contributed by atoms with Crippen LogP contribution in [-0.2, 0) is 11.3 Å². The van der Waals surface area contributed by atoms with Crippen molar-refractivity contribution in [2.24, 2.45) is 5.92 Å². The molecule has 2 unspecified atom stereocenters. The molecule has 1 aliphatic carbocycles. The summed E-state index contributed by atoms with van der Waals surface area (Å²) < 4.78 is 28.5. The van der Waals surface area contributed by atoms with E-state index in [2.05, 4.69) is 26.9 Å². The Morgan fingerprint density at radius 3 is 2.76 bits per heavy atom. The smallest absolute Gasteiger partial charge is 0.277 e. The van der Waals surface area contributed by atoms with E-state index in [0.717, 1.165) is 19.5 Å². The van der Waals surface area contributed by atoms with Crippen molar-refractivity contribution in [1.29, 1.82) is 5.26 Å². The zero-order valence-corrected chi connectivity index (χ0v) is 18.6. The largest absolute Gasteiger partial charge is 0.379 e. The highest BCUT2D eigenvalue weighted by Gasteiger charge is 2.39. The van der Waals surface area contributed by atoms with Crippen LogP contribution in [0.4, 0.5) is 4.39 Å². The summed E-state index contributed by atoms with van der Waals surface area (Å²) in [7, 11) is 0. The van der Waals surface area contributed by atoms with Gasteiger partial charge in [0.2, 0.25) is 11.7 Å². The fraction of sp³-hybridized carbons (Fsp3) is 0.435. The number of hydrogen-bond acceptors (Lipinski definition) is 8. The Kier molecular flexibility index (Phi) is 4.93. The molecule has 1 saturated heterocycles. The molecule has 0 radical (unpaired) electrons. The van der Waals surface area contributed by atoms with Crippen LogP contribution in [0.1, 0.15) is 30.7 Å². The van der Waals surface area contributed by atoms with E-state index in [1.165, 1.54) is 17.0 Å². The van der Waals surface area contributed by atoms with Crippen LogP contribution in [0, 0.1) is 23.1 Å². The van der Waals surface area contributed by atoms with Crippen LogP contribution in [0.5, 0.6) is 0 Å². The van der Waals surface area contributed by atoms with Crippen molar-refractivity contribution in [3.63, 3.8) is 0 Å². The molecule has 174 valence electrons. The first-order valence-electron chi connectivity index (χ1n) is 11.3. The Labute approximate surface area is 193 Å². The maximum absolute atomic E-state index is 14.6. The summed E-state index contributed by atoms with van der Waals surface area (Å²) in [6.07, 6.45) is 2.47. The maximum Gasteiger partial charge on any atom is 0.277 e. The highest BCUT2D eigenvalue weighted by Crippen LogP contribution is 2.46. The average Bonchev–Trinajstić information content (AvgIpc) is 3.23. The fourth-order valence-electron chi connectivity index (χ4n) is 4.69. The van der Waals surface area contributed by atoms with Gasteiger partial charge in [-0.05, 0) is 24.5 Å². The summed E-state index contributed by atoms with van der Waals surface area (Å²) in [6, 6.07) is 4.72. The summed E-state index contributed by atoms with van der Waals surface area (Å²) >= 11 is 0. The standard InChI is InChI=1S/C23H22FN7O3/c1-13-10-14(13)22-27-21(28-34-22)18-20-23(32)30(5-4-29-6-8-33-9-7-29)19-15(11-25)16(24)2-3-17(19)31(20)12-26-18/h2-3,12-14H,4-10H2,1H3. The molecule has 34 heavy (non-hydrogen) atoms. The molecule has 4 aromatic rings. The van der Waals surface area contributed by atoms with Crippen LogP contribution in [0.3, 0.4) is 0 Å². The fourth-order valence-corrected chi connectivity index (χ4v) is 4.69. The van der Waals surface area contributed by atoms with Gasteiger partial charge in [0.25, 0.3) is 5.56 Å². The molecular weight excluding hydrogens is 441 g/mol. The van der Waals surface area contributed by atoms with Crippen molar-refractivity contribution in [3.05, 3.63) is 46.1 Å². The minimum Gasteiger partial charge on any atom is -0.379 e. The van der Waals surface area contributed by atoms with Gasteiger partial charge in [0.15, 0.2) is 0 Å². The van der Waals surface area contributed by atoms with E-state index in [-0.39, 0.29) is 40.4 Å². The van der Waals surface area contributed by atoms with Crippen LogP contribution in [-0.4, -0.2) is 61.8 Å². The number of hydrogen-bond donors (Lipinski definition) is 0. The zero-order valence-electron chi connectivity index (χ0n) is 18.6. The molecular formula is C23H22FN7O3. The zero-order chi connectivity index (χ0) is 23.4. The molecule has 1 aliphatic heterocycles. The average molecular weight is 463 g/mol. The van der Waals surface area contributed by atoms with E-state index in [1.807, 2.05) is 6.07 Å². The molecule has 0 amide bonds. The molecule has 2 aliphatic rings. The van der Waals surface area contributed by atoms with E-state index in [1.54, 1.807) is 10.5 Å². The number of aromatic nitrogens is 5. The second kappa shape index (κ2) is 8.00. The van der Waals surface area contributed by atoms with Gasteiger partial charge in [0.05, 0.1) is 24.2 Å². The van der Waals surface area contributed by atoms with E-state index in [9.17, 15) is 14.4 Å². The Morgan fingerprint density at radius 1 is 1.24 bits per heavy atom. The lowest BCUT2D eigenvalue weighted by molar-refractivity contribution is 0.0364. The van der Waals surface area contributed by atoms with Gasteiger partial charge in [-0.1, -0.05) is 12.1 Å². The molecule has 1 saturated carbocycles. The Bertz CT molecular complexity index is 1510. The number of nitriles is 1. The minimum atomic E-state index is -0.671. The number of halogens is 1. The first-order chi connectivity index (χ1) is 16.6. The highest BCUT2D eigenvalue weighted by atomic mass is 19.1. The van der Waals surface area contributed by atoms with E-state index < -0.39 is 5.82 Å². The molecule has 6 rings (SSSR count). The van der Waals surface area contributed by atoms with Crippen LogP contribution < -0.4 is 5.56 Å². The van der Waals surface area contributed by atoms with Crippen LogP contribution in [0.15, 0.2) is 27.8 Å². The molecule has 0 spiro atoms. The number of ether oxygens (including phenoxy) is 1. The Balaban J connectivity index is 1.53. The third kappa shape index (κ3) is 3.29. The van der Waals surface area contributed by atoms with Gasteiger partial charge in [0.1, 0.15) is 35.0 Å². The lowest BCUT2D eigenvalue weighted by Gasteiger charge is -2.27. The van der Waals surface area contributed by atoms with Gasteiger partial charge >= 0.3 is 0 Å². The van der Waals surface area contributed by atoms with Crippen molar-refractivity contribution >= 4 is 16.6 Å². The lowest BCUT2D eigenvalue weighted by Crippen LogP contribution is -2.39. The third-order valence-electron chi connectivity index (χ3n) is 6.79. The number of imidazole rings is 1. The first-order valence-corrected chi connectivity index (χ1v) is 11.3. The van der Waals surface area contributed by atoms with Crippen LogP contribution in [0.2, 0.25) is 0 Å². The molecule has 0 N–H and O–H groups in total. The van der Waals surface area contributed by atoms with Crippen molar-refractivity contribution in [2.75, 3.05) is 32.8 Å². The molecule has 4 heterocycles. The number of morpholine rings is 1. The maximum atomic E-state index is 14.6. The third-order valence-corrected chi connectivity index (χ3v) is 6.79. The monoisotopic (exact) mass is 463 g/mol. The molecule has 10 nitrogen and oxygen atoms in total. The SMILES string of the molecule is CC1CC1c1nc(-c2ncn3c2c(=O)n(CCN2CCOCC2)c2c(C#N)c(F)ccc23)no1. The Hall–Kier alpha value is -3.62. The van der Waals surface area contributed by atoms with Crippen molar-refractivity contribution < 1.29 is 13.7 Å². The topological polar surface area (TPSA) is 114 Å². The number of benzene rings is 1. The van der Waals surface area contributed by atoms with Crippen molar-refractivity contribution in [2.45, 2.75) is 25.8 Å².